The van der Waals surface area contributed by atoms with Crippen molar-refractivity contribution in [2.24, 2.45) is 0 Å². The van der Waals surface area contributed by atoms with Crippen LogP contribution < -0.4 is 10.6 Å². The number of carbonyl (C=O) groups is 2. The van der Waals surface area contributed by atoms with Crippen molar-refractivity contribution in [3.05, 3.63) is 0 Å². The molecule has 0 rings (SSSR count). The summed E-state index contributed by atoms with van der Waals surface area (Å²) >= 11 is 0. The Balaban J connectivity index is 3.30. The van der Waals surface area contributed by atoms with Crippen LogP contribution in [0.25, 0.3) is 0 Å². The van der Waals surface area contributed by atoms with Gasteiger partial charge in [-0.2, -0.15) is 0 Å². The first-order valence-corrected chi connectivity index (χ1v) is 4.99. The van der Waals surface area contributed by atoms with Gasteiger partial charge in [-0.15, -0.1) is 0 Å². The highest BCUT2D eigenvalue weighted by Gasteiger charge is 2.07. The summed E-state index contributed by atoms with van der Waals surface area (Å²) in [6.45, 7) is 4.15. The third-order valence-electron chi connectivity index (χ3n) is 1.69. The Kier molecular flexibility index (Phi) is 8.66. The fourth-order valence-electron chi connectivity index (χ4n) is 0.935. The van der Waals surface area contributed by atoms with Crippen molar-refractivity contribution in [1.82, 2.24) is 10.6 Å². The fraction of sp³-hybridized carbons (Fsp3) is 0.778. The van der Waals surface area contributed by atoms with Crippen molar-refractivity contribution in [2.45, 2.75) is 26.2 Å². The van der Waals surface area contributed by atoms with Crippen LogP contribution in [0.1, 0.15) is 26.2 Å². The molecule has 0 aliphatic rings. The van der Waals surface area contributed by atoms with E-state index < -0.39 is 5.97 Å². The zero-order valence-corrected chi connectivity index (χ0v) is 8.85. The molecule has 0 spiro atoms. The van der Waals surface area contributed by atoms with Gasteiger partial charge in [0.2, 0.25) is 5.91 Å². The summed E-state index contributed by atoms with van der Waals surface area (Å²) in [5.74, 6) is -1.30. The summed E-state index contributed by atoms with van der Waals surface area (Å²) in [5, 5.41) is 5.69. The van der Waals surface area contributed by atoms with E-state index in [9.17, 15) is 14.1 Å². The van der Waals surface area contributed by atoms with Gasteiger partial charge in [0, 0.05) is 24.0 Å². The molecule has 0 aromatic carbocycles. The molecule has 0 unspecified atom stereocenters. The van der Waals surface area contributed by atoms with Gasteiger partial charge in [0.05, 0.1) is 6.42 Å². The average Bonchev–Trinajstić information content (AvgIpc) is 2.25. The zero-order chi connectivity index (χ0) is 11.5. The monoisotopic (exact) mass is 220 g/mol. The molecule has 0 aromatic heterocycles. The Morgan fingerprint density at radius 1 is 1.20 bits per heavy atom. The summed E-state index contributed by atoms with van der Waals surface area (Å²) in [7, 11) is 0. The molecule has 0 heterocycles. The largest absolute Gasteiger partial charge is 0.355 e. The van der Waals surface area contributed by atoms with Crippen LogP contribution in [0.3, 0.4) is 0 Å². The first-order chi connectivity index (χ1) is 7.20. The molecule has 0 aliphatic heterocycles. The number of hydrogen-bond acceptors (Lipinski definition) is 4. The summed E-state index contributed by atoms with van der Waals surface area (Å²) in [4.78, 5) is 24.3. The SMILES string of the molecule is CCCNCCNC(=O)CCC(=O)OF. The third kappa shape index (κ3) is 9.14. The normalized spacial score (nSPS) is 9.73. The molecule has 5 nitrogen and oxygen atoms in total. The van der Waals surface area contributed by atoms with E-state index in [1.165, 1.54) is 0 Å². The number of amides is 1. The van der Waals surface area contributed by atoms with E-state index in [1.807, 2.05) is 6.92 Å². The highest BCUT2D eigenvalue weighted by atomic mass is 19.3. The number of hydrogen-bond donors (Lipinski definition) is 2. The standard InChI is InChI=1S/C9H17FN2O3/c1-2-5-11-6-7-12-8(13)3-4-9(14)15-10/h11H,2-7H2,1H3,(H,12,13). The summed E-state index contributed by atoms with van der Waals surface area (Å²) < 4.78 is 11.2. The van der Waals surface area contributed by atoms with Gasteiger partial charge in [-0.25, -0.2) is 4.79 Å². The lowest BCUT2D eigenvalue weighted by molar-refractivity contribution is -0.184. The molecular weight excluding hydrogens is 203 g/mol. The molecule has 0 bridgehead atoms. The van der Waals surface area contributed by atoms with Gasteiger partial charge < -0.3 is 10.6 Å². The maximum Gasteiger partial charge on any atom is 0.349 e. The lowest BCUT2D eigenvalue weighted by Gasteiger charge is -2.04. The second-order valence-electron chi connectivity index (χ2n) is 3.05. The minimum Gasteiger partial charge on any atom is -0.355 e. The van der Waals surface area contributed by atoms with E-state index in [2.05, 4.69) is 15.6 Å². The molecule has 0 atom stereocenters. The van der Waals surface area contributed by atoms with Crippen LogP contribution in [0.2, 0.25) is 0 Å². The molecule has 0 aromatic rings. The van der Waals surface area contributed by atoms with Crippen molar-refractivity contribution < 1.29 is 19.1 Å². The van der Waals surface area contributed by atoms with E-state index in [0.29, 0.717) is 13.1 Å². The number of rotatable bonds is 8. The van der Waals surface area contributed by atoms with Crippen molar-refractivity contribution in [2.75, 3.05) is 19.6 Å². The Morgan fingerprint density at radius 2 is 1.93 bits per heavy atom. The number of halogens is 1. The molecule has 0 fully saturated rings. The van der Waals surface area contributed by atoms with Gasteiger partial charge in [-0.1, -0.05) is 6.92 Å². The molecule has 0 saturated carbocycles. The quantitative estimate of drug-likeness (QED) is 0.578. The molecule has 1 amide bonds. The highest BCUT2D eigenvalue weighted by Crippen LogP contribution is 1.92. The highest BCUT2D eigenvalue weighted by molar-refractivity contribution is 5.80. The molecule has 0 radical (unpaired) electrons. The van der Waals surface area contributed by atoms with Gasteiger partial charge >= 0.3 is 5.97 Å². The van der Waals surface area contributed by atoms with E-state index in [4.69, 9.17) is 0 Å². The van der Waals surface area contributed by atoms with Crippen molar-refractivity contribution in [3.63, 3.8) is 0 Å². The predicted octanol–water partition coefficient (Wildman–Crippen LogP) is 0.310. The predicted molar refractivity (Wildman–Crippen MR) is 52.6 cm³/mol. The van der Waals surface area contributed by atoms with E-state index in [1.54, 1.807) is 0 Å². The molecular formula is C9H17FN2O3. The number of carbonyl (C=O) groups excluding carboxylic acids is 2. The van der Waals surface area contributed by atoms with Crippen LogP contribution in [0.4, 0.5) is 4.53 Å². The molecule has 2 N–H and O–H groups in total. The van der Waals surface area contributed by atoms with Crippen LogP contribution in [0, 0.1) is 0 Å². The van der Waals surface area contributed by atoms with Crippen LogP contribution in [0.5, 0.6) is 0 Å². The second kappa shape index (κ2) is 9.39. The van der Waals surface area contributed by atoms with E-state index in [-0.39, 0.29) is 18.7 Å². The molecule has 15 heavy (non-hydrogen) atoms. The maximum atomic E-state index is 11.2. The fourth-order valence-corrected chi connectivity index (χ4v) is 0.935. The topological polar surface area (TPSA) is 67.4 Å². The smallest absolute Gasteiger partial charge is 0.349 e. The van der Waals surface area contributed by atoms with Crippen LogP contribution >= 0.6 is 0 Å². The van der Waals surface area contributed by atoms with Gasteiger partial charge in [-0.3, -0.25) is 9.74 Å². The van der Waals surface area contributed by atoms with E-state index in [0.717, 1.165) is 13.0 Å². The number of nitrogens with one attached hydrogen (secondary N) is 2. The Bertz CT molecular complexity index is 200. The maximum absolute atomic E-state index is 11.2. The van der Waals surface area contributed by atoms with Gasteiger partial charge in [0.15, 0.2) is 0 Å². The summed E-state index contributed by atoms with van der Waals surface area (Å²) in [5.41, 5.74) is 0. The first kappa shape index (κ1) is 13.8. The zero-order valence-electron chi connectivity index (χ0n) is 8.85. The molecule has 88 valence electrons. The lowest BCUT2D eigenvalue weighted by Crippen LogP contribution is -2.32. The average molecular weight is 220 g/mol. The van der Waals surface area contributed by atoms with E-state index >= 15 is 0 Å². The van der Waals surface area contributed by atoms with Crippen LogP contribution in [-0.2, 0) is 14.5 Å². The molecule has 6 heteroatoms. The van der Waals surface area contributed by atoms with Crippen LogP contribution in [-0.4, -0.2) is 31.5 Å². The first-order valence-electron chi connectivity index (χ1n) is 4.99. The lowest BCUT2D eigenvalue weighted by atomic mass is 10.3. The molecule has 0 saturated heterocycles. The molecule has 0 aliphatic carbocycles. The van der Waals surface area contributed by atoms with Crippen molar-refractivity contribution >= 4 is 11.9 Å². The third-order valence-corrected chi connectivity index (χ3v) is 1.69. The summed E-state index contributed by atoms with van der Waals surface area (Å²) in [6, 6.07) is 0. The Morgan fingerprint density at radius 3 is 2.53 bits per heavy atom. The van der Waals surface area contributed by atoms with Crippen molar-refractivity contribution in [3.8, 4) is 0 Å². The Hall–Kier alpha value is -1.17. The summed E-state index contributed by atoms with van der Waals surface area (Å²) in [6.07, 6.45) is 0.761. The van der Waals surface area contributed by atoms with Gasteiger partial charge in [-0.05, 0) is 13.0 Å². The van der Waals surface area contributed by atoms with Gasteiger partial charge in [0.1, 0.15) is 0 Å². The second-order valence-corrected chi connectivity index (χ2v) is 3.05. The van der Waals surface area contributed by atoms with Gasteiger partial charge in [0.25, 0.3) is 0 Å². The minimum absolute atomic E-state index is 0.0451. The van der Waals surface area contributed by atoms with Crippen LogP contribution in [0.15, 0.2) is 0 Å². The minimum atomic E-state index is -1.02. The Labute approximate surface area is 88.3 Å². The van der Waals surface area contributed by atoms with Crippen molar-refractivity contribution in [1.29, 1.82) is 0 Å².